The average molecular weight is 679 g/mol. The molecule has 0 radical (unpaired) electrons. The number of rotatable bonds is 20. The molecule has 0 aromatic rings. The first kappa shape index (κ1) is 41.7. The van der Waals surface area contributed by atoms with Crippen LogP contribution in [-0.4, -0.2) is 56.4 Å². The third-order valence-electron chi connectivity index (χ3n) is 13.6. The summed E-state index contributed by atoms with van der Waals surface area (Å²) >= 11 is 0. The molecule has 3 rings (SSSR count). The summed E-state index contributed by atoms with van der Waals surface area (Å²) < 4.78 is 11.8. The van der Waals surface area contributed by atoms with E-state index in [1.807, 2.05) is 6.92 Å². The molecular weight excluding hydrogens is 600 g/mol. The molecule has 3 aliphatic rings. The summed E-state index contributed by atoms with van der Waals surface area (Å²) in [6.45, 7) is 23.8. The molecular formula is C42H78O6. The van der Waals surface area contributed by atoms with E-state index in [4.69, 9.17) is 9.47 Å². The van der Waals surface area contributed by atoms with Gasteiger partial charge in [-0.05, 0) is 80.0 Å². The highest BCUT2D eigenvalue weighted by atomic mass is 16.6. The van der Waals surface area contributed by atoms with Crippen LogP contribution in [0, 0.1) is 40.4 Å². The quantitative estimate of drug-likeness (QED) is 0.0674. The number of hydrogen-bond acceptors (Lipinski definition) is 6. The Morgan fingerprint density at radius 1 is 0.771 bits per heavy atom. The van der Waals surface area contributed by atoms with Gasteiger partial charge in [-0.15, -0.1) is 0 Å². The van der Waals surface area contributed by atoms with Crippen molar-refractivity contribution in [2.24, 2.45) is 40.4 Å². The second kappa shape index (κ2) is 16.8. The van der Waals surface area contributed by atoms with Crippen molar-refractivity contribution in [3.05, 3.63) is 0 Å². The van der Waals surface area contributed by atoms with Gasteiger partial charge in [0.15, 0.2) is 0 Å². The van der Waals surface area contributed by atoms with Crippen molar-refractivity contribution in [1.29, 1.82) is 0 Å². The molecule has 0 bridgehead atoms. The lowest BCUT2D eigenvalue weighted by Gasteiger charge is -2.50. The molecule has 2 aliphatic carbocycles. The first-order chi connectivity index (χ1) is 22.1. The predicted octanol–water partition coefficient (Wildman–Crippen LogP) is 9.79. The van der Waals surface area contributed by atoms with E-state index in [0.29, 0.717) is 25.2 Å². The van der Waals surface area contributed by atoms with Crippen molar-refractivity contribution < 1.29 is 29.6 Å². The molecule has 6 unspecified atom stereocenters. The highest BCUT2D eigenvalue weighted by Gasteiger charge is 2.76. The molecule has 0 spiro atoms. The van der Waals surface area contributed by atoms with Gasteiger partial charge in [-0.25, -0.2) is 0 Å². The molecule has 11 atom stereocenters. The number of unbranched alkanes of at least 4 members (excludes halogenated alkanes) is 1. The Labute approximate surface area is 295 Å². The van der Waals surface area contributed by atoms with E-state index >= 15 is 0 Å². The van der Waals surface area contributed by atoms with E-state index in [2.05, 4.69) is 62.3 Å². The Balaban J connectivity index is 1.23. The van der Waals surface area contributed by atoms with Gasteiger partial charge in [0.1, 0.15) is 11.7 Å². The summed E-state index contributed by atoms with van der Waals surface area (Å²) in [5.74, 6) is 2.41. The van der Waals surface area contributed by atoms with Gasteiger partial charge >= 0.3 is 5.97 Å². The lowest BCUT2D eigenvalue weighted by atomic mass is 9.59. The van der Waals surface area contributed by atoms with Gasteiger partial charge in [0.2, 0.25) is 0 Å². The first-order valence-electron chi connectivity index (χ1n) is 20.1. The van der Waals surface area contributed by atoms with E-state index in [-0.39, 0.29) is 58.1 Å². The summed E-state index contributed by atoms with van der Waals surface area (Å²) in [6.07, 6.45) is 17.4. The molecule has 2 saturated carbocycles. The number of aliphatic hydroxyl groups excluding tert-OH is 2. The lowest BCUT2D eigenvalue weighted by molar-refractivity contribution is -0.169. The Morgan fingerprint density at radius 2 is 1.29 bits per heavy atom. The van der Waals surface area contributed by atoms with Crippen LogP contribution in [0.1, 0.15) is 185 Å². The van der Waals surface area contributed by atoms with Crippen LogP contribution in [-0.2, 0) is 14.3 Å². The van der Waals surface area contributed by atoms with Crippen LogP contribution in [0.5, 0.6) is 0 Å². The summed E-state index contributed by atoms with van der Waals surface area (Å²) in [5, 5.41) is 32.8. The molecule has 1 aliphatic heterocycles. The maximum Gasteiger partial charge on any atom is 0.302 e. The number of ether oxygens (including phenoxy) is 2. The number of epoxide rings is 1. The van der Waals surface area contributed by atoms with Crippen molar-refractivity contribution in [3.63, 3.8) is 0 Å². The SMILES string of the molecule is CC(=O)O[C@H]1CC(C)(C)C(CCC(C)CCCC(C)CCCCC(C)CCCC(C)C(O)C[C@@]23O[C@]2(C)C[C@@H](O)CC3(C)C)[C@](C)(O)C1. The third-order valence-corrected chi connectivity index (χ3v) is 13.6. The summed E-state index contributed by atoms with van der Waals surface area (Å²) in [4.78, 5) is 11.5. The lowest BCUT2D eigenvalue weighted by Crippen LogP contribution is -2.52. The van der Waals surface area contributed by atoms with Gasteiger partial charge in [-0.2, -0.15) is 0 Å². The fourth-order valence-electron chi connectivity index (χ4n) is 10.7. The molecule has 0 amide bonds. The normalized spacial score (nSPS) is 35.6. The van der Waals surface area contributed by atoms with E-state index in [1.54, 1.807) is 0 Å². The topological polar surface area (TPSA) is 99.5 Å². The monoisotopic (exact) mass is 679 g/mol. The predicted molar refractivity (Wildman–Crippen MR) is 197 cm³/mol. The number of aliphatic hydroxyl groups is 3. The number of carbonyl (C=O) groups is 1. The standard InChI is InChI=1S/C42H78O6/c1-29(18-14-19-31(3)22-23-37-38(6,7)26-35(47-33(5)43)27-40(37,10)46)16-12-13-17-30(2)20-15-21-32(4)36(45)28-42-39(8,9)24-34(44)25-41(42,11)48-42/h29-32,34-37,44-46H,12-28H2,1-11H3/t29?,30?,31?,32?,34-,35-,36?,37?,40+,41+,42-/m0/s1. The van der Waals surface area contributed by atoms with Crippen LogP contribution in [0.2, 0.25) is 0 Å². The van der Waals surface area contributed by atoms with Gasteiger partial charge in [0, 0.05) is 26.2 Å². The highest BCUT2D eigenvalue weighted by Crippen LogP contribution is 2.67. The van der Waals surface area contributed by atoms with Crippen molar-refractivity contribution in [2.75, 3.05) is 0 Å². The van der Waals surface area contributed by atoms with Crippen LogP contribution in [0.15, 0.2) is 0 Å². The minimum atomic E-state index is -0.804. The van der Waals surface area contributed by atoms with Gasteiger partial charge in [0.25, 0.3) is 0 Å². The molecule has 1 saturated heterocycles. The fraction of sp³-hybridized carbons (Fsp3) is 0.976. The number of fused-ring (bicyclic) bond motifs is 1. The largest absolute Gasteiger partial charge is 0.462 e. The van der Waals surface area contributed by atoms with Crippen LogP contribution in [0.3, 0.4) is 0 Å². The van der Waals surface area contributed by atoms with Crippen molar-refractivity contribution in [1.82, 2.24) is 0 Å². The molecule has 6 nitrogen and oxygen atoms in total. The second-order valence-electron chi connectivity index (χ2n) is 19.4. The van der Waals surface area contributed by atoms with Crippen molar-refractivity contribution in [2.45, 2.75) is 220 Å². The number of hydrogen-bond donors (Lipinski definition) is 3. The molecule has 0 aromatic carbocycles. The minimum absolute atomic E-state index is 0.0540. The minimum Gasteiger partial charge on any atom is -0.462 e. The zero-order valence-corrected chi connectivity index (χ0v) is 33.2. The van der Waals surface area contributed by atoms with Gasteiger partial charge < -0.3 is 24.8 Å². The molecule has 3 N–H and O–H groups in total. The van der Waals surface area contributed by atoms with E-state index in [9.17, 15) is 20.1 Å². The molecule has 6 heteroatoms. The summed E-state index contributed by atoms with van der Waals surface area (Å²) in [7, 11) is 0. The van der Waals surface area contributed by atoms with Crippen molar-refractivity contribution >= 4 is 5.97 Å². The van der Waals surface area contributed by atoms with Gasteiger partial charge in [-0.1, -0.05) is 120 Å². The van der Waals surface area contributed by atoms with Crippen molar-refractivity contribution in [3.8, 4) is 0 Å². The van der Waals surface area contributed by atoms with E-state index < -0.39 is 5.60 Å². The van der Waals surface area contributed by atoms with Crippen LogP contribution in [0.25, 0.3) is 0 Å². The summed E-state index contributed by atoms with van der Waals surface area (Å²) in [5.41, 5.74) is -1.58. The van der Waals surface area contributed by atoms with Crippen LogP contribution >= 0.6 is 0 Å². The van der Waals surface area contributed by atoms with Crippen LogP contribution in [0.4, 0.5) is 0 Å². The molecule has 48 heavy (non-hydrogen) atoms. The zero-order chi connectivity index (χ0) is 36.1. The maximum atomic E-state index is 11.5. The zero-order valence-electron chi connectivity index (χ0n) is 33.2. The number of carbonyl (C=O) groups excluding carboxylic acids is 1. The van der Waals surface area contributed by atoms with Gasteiger partial charge in [-0.3, -0.25) is 4.79 Å². The molecule has 3 fully saturated rings. The number of esters is 1. The molecule has 0 aromatic heterocycles. The van der Waals surface area contributed by atoms with E-state index in [1.165, 1.54) is 64.7 Å². The van der Waals surface area contributed by atoms with Crippen LogP contribution < -0.4 is 0 Å². The maximum absolute atomic E-state index is 11.5. The Kier molecular flexibility index (Phi) is 14.6. The molecule has 282 valence electrons. The van der Waals surface area contributed by atoms with Gasteiger partial charge in [0.05, 0.1) is 23.4 Å². The highest BCUT2D eigenvalue weighted by molar-refractivity contribution is 5.66. The fourth-order valence-corrected chi connectivity index (χ4v) is 10.7. The summed E-state index contributed by atoms with van der Waals surface area (Å²) in [6, 6.07) is 0. The Hall–Kier alpha value is -0.690. The Bertz CT molecular complexity index is 988. The smallest absolute Gasteiger partial charge is 0.302 e. The third kappa shape index (κ3) is 10.9. The first-order valence-corrected chi connectivity index (χ1v) is 20.1. The average Bonchev–Trinajstić information content (AvgIpc) is 3.53. The van der Waals surface area contributed by atoms with E-state index in [0.717, 1.165) is 43.9 Å². The second-order valence-corrected chi connectivity index (χ2v) is 19.4. The molecule has 1 heterocycles. The Morgan fingerprint density at radius 3 is 1.81 bits per heavy atom.